The van der Waals surface area contributed by atoms with Crippen molar-refractivity contribution in [1.82, 2.24) is 19.7 Å². The van der Waals surface area contributed by atoms with Gasteiger partial charge in [-0.05, 0) is 62.6 Å². The maximum absolute atomic E-state index is 15.6. The predicted molar refractivity (Wildman–Crippen MR) is 213 cm³/mol. The van der Waals surface area contributed by atoms with Gasteiger partial charge in [-0.25, -0.2) is 9.37 Å². The van der Waals surface area contributed by atoms with Gasteiger partial charge in [0.05, 0.1) is 43.4 Å². The Kier molecular flexibility index (Phi) is 14.4. The van der Waals surface area contributed by atoms with E-state index >= 15 is 4.39 Å². The lowest BCUT2D eigenvalue weighted by Gasteiger charge is -2.47. The summed E-state index contributed by atoms with van der Waals surface area (Å²) in [5.41, 5.74) is 2.66. The predicted octanol–water partition coefficient (Wildman–Crippen LogP) is 6.16. The molecule has 3 aromatic rings. The van der Waals surface area contributed by atoms with Crippen LogP contribution in [-0.4, -0.2) is 114 Å². The minimum Gasteiger partial charge on any atom is -0.506 e. The molecular formula is C42H56FN5O7S. The monoisotopic (exact) mass is 793 g/mol. The quantitative estimate of drug-likeness (QED) is 0.122. The minimum atomic E-state index is -0.386. The van der Waals surface area contributed by atoms with Crippen LogP contribution in [-0.2, 0) is 38.4 Å². The summed E-state index contributed by atoms with van der Waals surface area (Å²) in [6, 6.07) is 8.93. The third-order valence-electron chi connectivity index (χ3n) is 11.0. The van der Waals surface area contributed by atoms with Crippen LogP contribution >= 0.6 is 11.3 Å². The number of thiazole rings is 1. The molecule has 3 amide bonds. The van der Waals surface area contributed by atoms with E-state index in [1.54, 1.807) is 12.1 Å². The van der Waals surface area contributed by atoms with Gasteiger partial charge < -0.3 is 34.4 Å². The third kappa shape index (κ3) is 10.4. The highest BCUT2D eigenvalue weighted by Crippen LogP contribution is 2.39. The topological polar surface area (TPSA) is 134 Å². The van der Waals surface area contributed by atoms with Crippen molar-refractivity contribution >= 4 is 34.7 Å². The normalized spacial score (nSPS) is 16.8. The third-order valence-corrected chi connectivity index (χ3v) is 12.1. The van der Waals surface area contributed by atoms with Crippen molar-refractivity contribution in [3.63, 3.8) is 0 Å². The highest BCUT2D eigenvalue weighted by atomic mass is 32.1. The number of fused-ring (bicyclic) bond motifs is 1. The van der Waals surface area contributed by atoms with Gasteiger partial charge in [-0.1, -0.05) is 44.5 Å². The first-order valence-corrected chi connectivity index (χ1v) is 20.9. The van der Waals surface area contributed by atoms with Crippen molar-refractivity contribution in [3.8, 4) is 11.5 Å². The first-order chi connectivity index (χ1) is 27.1. The number of phenolic OH excluding ortho intramolecular Hbond substituents is 1. The van der Waals surface area contributed by atoms with E-state index in [1.807, 2.05) is 40.3 Å². The van der Waals surface area contributed by atoms with Crippen LogP contribution in [0.15, 0.2) is 35.7 Å². The van der Waals surface area contributed by atoms with Crippen LogP contribution in [0.2, 0.25) is 0 Å². The highest BCUT2D eigenvalue weighted by molar-refractivity contribution is 7.09. The van der Waals surface area contributed by atoms with Crippen molar-refractivity contribution in [2.24, 2.45) is 0 Å². The number of carbonyl (C=O) groups is 3. The van der Waals surface area contributed by atoms with Gasteiger partial charge >= 0.3 is 0 Å². The van der Waals surface area contributed by atoms with Gasteiger partial charge in [0.15, 0.2) is 12.4 Å². The van der Waals surface area contributed by atoms with E-state index in [9.17, 15) is 19.5 Å². The van der Waals surface area contributed by atoms with Gasteiger partial charge in [-0.3, -0.25) is 19.3 Å². The molecule has 3 aliphatic heterocycles. The fraction of sp³-hybridized carbons (Fsp3) is 0.571. The van der Waals surface area contributed by atoms with Crippen LogP contribution in [0.3, 0.4) is 0 Å². The van der Waals surface area contributed by atoms with Crippen molar-refractivity contribution in [1.29, 1.82) is 0 Å². The molecule has 2 N–H and O–H groups in total. The summed E-state index contributed by atoms with van der Waals surface area (Å²) in [6.07, 6.45) is 5.63. The van der Waals surface area contributed by atoms with Gasteiger partial charge in [0.1, 0.15) is 22.9 Å². The molecule has 0 atom stereocenters. The Morgan fingerprint density at radius 2 is 1.88 bits per heavy atom. The van der Waals surface area contributed by atoms with E-state index < -0.39 is 0 Å². The molecule has 6 rings (SSSR count). The molecule has 0 saturated carbocycles. The van der Waals surface area contributed by atoms with E-state index in [4.69, 9.17) is 14.2 Å². The number of phenols is 1. The Morgan fingerprint density at radius 1 is 1.07 bits per heavy atom. The molecule has 0 unspecified atom stereocenters. The second-order valence-electron chi connectivity index (χ2n) is 15.3. The second-order valence-corrected chi connectivity index (χ2v) is 16.2. The molecule has 1 aromatic heterocycles. The number of ether oxygens (including phenoxy) is 3. The van der Waals surface area contributed by atoms with Crippen LogP contribution in [0.25, 0.3) is 0 Å². The van der Waals surface area contributed by atoms with Crippen LogP contribution in [0.5, 0.6) is 11.5 Å². The Morgan fingerprint density at radius 3 is 2.64 bits per heavy atom. The number of piperidine rings is 1. The van der Waals surface area contributed by atoms with E-state index in [-0.39, 0.29) is 60.4 Å². The number of hydrogen-bond acceptors (Lipinski definition) is 10. The summed E-state index contributed by atoms with van der Waals surface area (Å²) >= 11 is 1.53. The van der Waals surface area contributed by atoms with Crippen LogP contribution in [0.4, 0.5) is 10.1 Å². The standard InChI is InChI=1S/C42H56FN5O7S/c1-4-47(18-7-5-6-9-31-12-13-34(49)38-39(31)54-26-35(50)45-38)36(51)15-23-53-22-14-30-10-8-11-32(37(30)43)25-46-19-16-42(17-20-46)28-48(21-24-55-42)41(52)33-27-56-40(44-33)29(2)3/h8,10-13,27,29,49H,4-7,9,14-26,28H2,1-3H3,(H,45,50). The van der Waals surface area contributed by atoms with Crippen molar-refractivity contribution < 1.29 is 38.1 Å². The first kappa shape index (κ1) is 41.5. The smallest absolute Gasteiger partial charge is 0.273 e. The van der Waals surface area contributed by atoms with Gasteiger partial charge in [-0.2, -0.15) is 0 Å². The summed E-state index contributed by atoms with van der Waals surface area (Å²) in [5, 5.41) is 15.6. The molecule has 304 valence electrons. The lowest BCUT2D eigenvalue weighted by atomic mass is 9.89. The molecule has 12 nitrogen and oxygen atoms in total. The van der Waals surface area contributed by atoms with Crippen molar-refractivity contribution in [2.75, 3.05) is 71.0 Å². The fourth-order valence-corrected chi connectivity index (χ4v) is 8.52. The van der Waals surface area contributed by atoms with Crippen molar-refractivity contribution in [3.05, 3.63) is 68.9 Å². The van der Waals surface area contributed by atoms with Gasteiger partial charge in [-0.15, -0.1) is 11.3 Å². The molecular weight excluding hydrogens is 738 g/mol. The van der Waals surface area contributed by atoms with Gasteiger partial charge in [0, 0.05) is 56.1 Å². The number of amides is 3. The number of aryl methyl sites for hydroxylation is 1. The number of benzene rings is 2. The van der Waals surface area contributed by atoms with E-state index in [2.05, 4.69) is 29.0 Å². The molecule has 1 spiro atoms. The Balaban J connectivity index is 0.873. The zero-order valence-electron chi connectivity index (χ0n) is 32.9. The Labute approximate surface area is 333 Å². The zero-order chi connectivity index (χ0) is 39.7. The molecule has 2 saturated heterocycles. The largest absolute Gasteiger partial charge is 0.506 e. The number of halogens is 1. The number of anilines is 1. The summed E-state index contributed by atoms with van der Waals surface area (Å²) in [5.74, 6) is 0.328. The SMILES string of the molecule is CCN(CCCCCc1ccc(O)c2c1OCC(=O)N2)C(=O)CCOCCc1cccc(CN2CCC3(CC2)CN(C(=O)c2csc(C(C)C)n2)CCO3)c1F. The molecule has 2 fully saturated rings. The zero-order valence-corrected chi connectivity index (χ0v) is 33.8. The number of morpholine rings is 1. The molecule has 2 aromatic carbocycles. The molecule has 4 heterocycles. The van der Waals surface area contributed by atoms with Crippen molar-refractivity contribution in [2.45, 2.75) is 90.2 Å². The molecule has 0 radical (unpaired) electrons. The maximum atomic E-state index is 15.6. The summed E-state index contributed by atoms with van der Waals surface area (Å²) in [4.78, 5) is 48.4. The number of hydrogen-bond donors (Lipinski definition) is 2. The van der Waals surface area contributed by atoms with Crippen LogP contribution in [0, 0.1) is 5.82 Å². The second kappa shape index (κ2) is 19.4. The maximum Gasteiger partial charge on any atom is 0.273 e. The number of aromatic nitrogens is 1. The molecule has 0 aliphatic carbocycles. The highest BCUT2D eigenvalue weighted by Gasteiger charge is 2.41. The Bertz CT molecular complexity index is 1830. The summed E-state index contributed by atoms with van der Waals surface area (Å²) < 4.78 is 33.3. The van der Waals surface area contributed by atoms with E-state index in [1.165, 1.54) is 11.3 Å². The molecule has 3 aliphatic rings. The van der Waals surface area contributed by atoms with Crippen LogP contribution < -0.4 is 10.1 Å². The lowest BCUT2D eigenvalue weighted by Crippen LogP contribution is -2.58. The molecule has 56 heavy (non-hydrogen) atoms. The summed E-state index contributed by atoms with van der Waals surface area (Å²) in [7, 11) is 0. The number of aromatic hydroxyl groups is 1. The number of nitrogens with one attached hydrogen (secondary N) is 1. The first-order valence-electron chi connectivity index (χ1n) is 20.1. The van der Waals surface area contributed by atoms with Gasteiger partial charge in [0.2, 0.25) is 5.91 Å². The number of likely N-dealkylation sites (tertiary alicyclic amines) is 1. The molecule has 0 bridgehead atoms. The Hall–Kier alpha value is -4.11. The number of rotatable bonds is 17. The summed E-state index contributed by atoms with van der Waals surface area (Å²) in [6.45, 7) is 11.6. The number of unbranched alkanes of at least 4 members (excludes halogenated alkanes) is 2. The minimum absolute atomic E-state index is 0.00923. The lowest BCUT2D eigenvalue weighted by molar-refractivity contribution is -0.132. The van der Waals surface area contributed by atoms with E-state index in [0.29, 0.717) is 80.6 Å². The average Bonchev–Trinajstić information content (AvgIpc) is 3.70. The van der Waals surface area contributed by atoms with Gasteiger partial charge in [0.25, 0.3) is 11.8 Å². The molecule has 14 heteroatoms. The fourth-order valence-electron chi connectivity index (χ4n) is 7.71. The van der Waals surface area contributed by atoms with E-state index in [0.717, 1.165) is 62.2 Å². The number of nitrogens with zero attached hydrogens (tertiary/aromatic N) is 4. The average molecular weight is 794 g/mol. The van der Waals surface area contributed by atoms with Crippen LogP contribution in [0.1, 0.15) is 97.4 Å². The number of carbonyl (C=O) groups excluding carboxylic acids is 3.